The van der Waals surface area contributed by atoms with Crippen LogP contribution in [-0.4, -0.2) is 30.0 Å². The van der Waals surface area contributed by atoms with Gasteiger partial charge in [0.2, 0.25) is 0 Å². The number of aromatic nitrogens is 1. The third-order valence-corrected chi connectivity index (χ3v) is 4.66. The summed E-state index contributed by atoms with van der Waals surface area (Å²) in [4.78, 5) is 17.4. The number of carbonyl (C=O) groups is 1. The minimum Gasteiger partial charge on any atom is -0.348 e. The van der Waals surface area contributed by atoms with Crippen LogP contribution in [-0.2, 0) is 0 Å². The maximum atomic E-state index is 12.7. The summed E-state index contributed by atoms with van der Waals surface area (Å²) in [5.74, 6) is 0.491. The molecule has 4 nitrogen and oxygen atoms in total. The number of nitrogens with zero attached hydrogens (tertiary/aromatic N) is 1. The van der Waals surface area contributed by atoms with Gasteiger partial charge in [-0.1, -0.05) is 11.6 Å². The predicted molar refractivity (Wildman–Crippen MR) is 87.5 cm³/mol. The standard InChI is InChI=1S/C17H18ClN3O/c18-11-3-4-15-13(7-11)14(8-16(21-15)10-1-2-10)17(22)20-12-5-6-19-9-12/h3-4,7-8,10,12,19H,1-2,5-6,9H2,(H,20,22). The van der Waals surface area contributed by atoms with Gasteiger partial charge in [-0.3, -0.25) is 9.78 Å². The van der Waals surface area contributed by atoms with Gasteiger partial charge in [0.25, 0.3) is 5.91 Å². The maximum Gasteiger partial charge on any atom is 0.252 e. The maximum absolute atomic E-state index is 12.7. The molecule has 4 rings (SSSR count). The molecule has 0 bridgehead atoms. The van der Waals surface area contributed by atoms with Gasteiger partial charge in [-0.15, -0.1) is 0 Å². The largest absolute Gasteiger partial charge is 0.348 e. The normalized spacial score (nSPS) is 21.2. The highest BCUT2D eigenvalue weighted by atomic mass is 35.5. The van der Waals surface area contributed by atoms with Gasteiger partial charge in [0.05, 0.1) is 11.1 Å². The summed E-state index contributed by atoms with van der Waals surface area (Å²) in [6.07, 6.45) is 3.31. The first-order chi connectivity index (χ1) is 10.7. The van der Waals surface area contributed by atoms with E-state index in [1.165, 1.54) is 12.8 Å². The zero-order chi connectivity index (χ0) is 15.1. The van der Waals surface area contributed by atoms with Gasteiger partial charge >= 0.3 is 0 Å². The van der Waals surface area contributed by atoms with E-state index in [0.717, 1.165) is 36.1 Å². The molecule has 0 spiro atoms. The van der Waals surface area contributed by atoms with E-state index < -0.39 is 0 Å². The van der Waals surface area contributed by atoms with Gasteiger partial charge in [0.1, 0.15) is 0 Å². The minimum atomic E-state index is -0.0229. The van der Waals surface area contributed by atoms with Gasteiger partial charge in [0, 0.05) is 34.6 Å². The number of benzene rings is 1. The van der Waals surface area contributed by atoms with Gasteiger partial charge in [-0.25, -0.2) is 0 Å². The number of nitrogens with one attached hydrogen (secondary N) is 2. The monoisotopic (exact) mass is 315 g/mol. The fourth-order valence-corrected chi connectivity index (χ4v) is 3.21. The second-order valence-corrected chi connectivity index (χ2v) is 6.63. The quantitative estimate of drug-likeness (QED) is 0.915. The van der Waals surface area contributed by atoms with Crippen LogP contribution in [0.3, 0.4) is 0 Å². The van der Waals surface area contributed by atoms with E-state index in [2.05, 4.69) is 10.6 Å². The zero-order valence-corrected chi connectivity index (χ0v) is 13.0. The summed E-state index contributed by atoms with van der Waals surface area (Å²) in [6, 6.07) is 7.73. The highest BCUT2D eigenvalue weighted by Gasteiger charge is 2.27. The second-order valence-electron chi connectivity index (χ2n) is 6.19. The number of carbonyl (C=O) groups excluding carboxylic acids is 1. The summed E-state index contributed by atoms with van der Waals surface area (Å²) in [5.41, 5.74) is 2.58. The number of rotatable bonds is 3. The van der Waals surface area contributed by atoms with Crippen LogP contribution in [0.15, 0.2) is 24.3 Å². The summed E-state index contributed by atoms with van der Waals surface area (Å²) in [7, 11) is 0. The second kappa shape index (κ2) is 5.52. The Labute approximate surface area is 134 Å². The zero-order valence-electron chi connectivity index (χ0n) is 12.2. The van der Waals surface area contributed by atoms with E-state index in [4.69, 9.17) is 16.6 Å². The van der Waals surface area contributed by atoms with Crippen molar-refractivity contribution in [3.8, 4) is 0 Å². The molecule has 2 aliphatic rings. The van der Waals surface area contributed by atoms with E-state index in [1.807, 2.05) is 24.3 Å². The molecule has 2 aromatic rings. The van der Waals surface area contributed by atoms with Gasteiger partial charge in [-0.05, 0) is 50.1 Å². The van der Waals surface area contributed by atoms with Crippen LogP contribution in [0.5, 0.6) is 0 Å². The van der Waals surface area contributed by atoms with Crippen molar-refractivity contribution in [1.29, 1.82) is 0 Å². The van der Waals surface area contributed by atoms with Crippen molar-refractivity contribution in [1.82, 2.24) is 15.6 Å². The van der Waals surface area contributed by atoms with E-state index >= 15 is 0 Å². The smallest absolute Gasteiger partial charge is 0.252 e. The fourth-order valence-electron chi connectivity index (χ4n) is 3.04. The van der Waals surface area contributed by atoms with E-state index in [0.29, 0.717) is 16.5 Å². The van der Waals surface area contributed by atoms with Gasteiger partial charge in [-0.2, -0.15) is 0 Å². The van der Waals surface area contributed by atoms with Crippen molar-refractivity contribution >= 4 is 28.4 Å². The molecule has 1 aromatic heterocycles. The minimum absolute atomic E-state index is 0.0229. The predicted octanol–water partition coefficient (Wildman–Crippen LogP) is 2.86. The molecule has 0 radical (unpaired) electrons. The topological polar surface area (TPSA) is 54.0 Å². The molecular weight excluding hydrogens is 298 g/mol. The molecular formula is C17H18ClN3O. The van der Waals surface area contributed by atoms with Crippen LogP contribution in [0.2, 0.25) is 5.02 Å². The third-order valence-electron chi connectivity index (χ3n) is 4.43. The number of pyridine rings is 1. The lowest BCUT2D eigenvalue weighted by atomic mass is 10.0. The molecule has 1 aromatic carbocycles. The van der Waals surface area contributed by atoms with Crippen molar-refractivity contribution in [3.63, 3.8) is 0 Å². The van der Waals surface area contributed by atoms with Crippen LogP contribution in [0.25, 0.3) is 10.9 Å². The lowest BCUT2D eigenvalue weighted by Gasteiger charge is -2.14. The van der Waals surface area contributed by atoms with Crippen LogP contribution in [0.1, 0.15) is 41.2 Å². The van der Waals surface area contributed by atoms with Crippen molar-refractivity contribution in [2.24, 2.45) is 0 Å². The molecule has 2 fully saturated rings. The molecule has 114 valence electrons. The number of fused-ring (bicyclic) bond motifs is 1. The number of amides is 1. The Morgan fingerprint density at radius 1 is 1.27 bits per heavy atom. The molecule has 5 heteroatoms. The van der Waals surface area contributed by atoms with E-state index in [-0.39, 0.29) is 11.9 Å². The lowest BCUT2D eigenvalue weighted by molar-refractivity contribution is 0.0941. The summed E-state index contributed by atoms with van der Waals surface area (Å²) in [5, 5.41) is 7.85. The summed E-state index contributed by atoms with van der Waals surface area (Å²) >= 11 is 6.11. The number of hydrogen-bond acceptors (Lipinski definition) is 3. The molecule has 1 atom stereocenters. The van der Waals surface area contributed by atoms with Crippen LogP contribution >= 0.6 is 11.6 Å². The van der Waals surface area contributed by atoms with Crippen LogP contribution in [0, 0.1) is 0 Å². The van der Waals surface area contributed by atoms with E-state index in [1.54, 1.807) is 0 Å². The van der Waals surface area contributed by atoms with Gasteiger partial charge < -0.3 is 10.6 Å². The average Bonchev–Trinajstić information content (AvgIpc) is 3.24. The van der Waals surface area contributed by atoms with Crippen LogP contribution in [0.4, 0.5) is 0 Å². The Morgan fingerprint density at radius 2 is 2.14 bits per heavy atom. The molecule has 2 heterocycles. The molecule has 1 amide bonds. The molecule has 1 aliphatic carbocycles. The fraction of sp³-hybridized carbons (Fsp3) is 0.412. The van der Waals surface area contributed by atoms with E-state index in [9.17, 15) is 4.79 Å². The lowest BCUT2D eigenvalue weighted by Crippen LogP contribution is -2.36. The highest BCUT2D eigenvalue weighted by Crippen LogP contribution is 2.40. The average molecular weight is 316 g/mol. The summed E-state index contributed by atoms with van der Waals surface area (Å²) in [6.45, 7) is 1.80. The first kappa shape index (κ1) is 14.0. The number of hydrogen-bond donors (Lipinski definition) is 2. The molecule has 22 heavy (non-hydrogen) atoms. The Morgan fingerprint density at radius 3 is 2.86 bits per heavy atom. The Hall–Kier alpha value is -1.65. The summed E-state index contributed by atoms with van der Waals surface area (Å²) < 4.78 is 0. The SMILES string of the molecule is O=C(NC1CCNC1)c1cc(C2CC2)nc2ccc(Cl)cc12. The Kier molecular flexibility index (Phi) is 3.51. The van der Waals surface area contributed by atoms with Gasteiger partial charge in [0.15, 0.2) is 0 Å². The van der Waals surface area contributed by atoms with Crippen molar-refractivity contribution in [2.45, 2.75) is 31.2 Å². The Balaban J connectivity index is 1.75. The highest BCUT2D eigenvalue weighted by molar-refractivity contribution is 6.31. The molecule has 1 saturated carbocycles. The molecule has 1 aliphatic heterocycles. The van der Waals surface area contributed by atoms with Crippen molar-refractivity contribution < 1.29 is 4.79 Å². The number of halogens is 1. The molecule has 1 saturated heterocycles. The first-order valence-electron chi connectivity index (χ1n) is 7.82. The van der Waals surface area contributed by atoms with Crippen LogP contribution < -0.4 is 10.6 Å². The third kappa shape index (κ3) is 2.69. The van der Waals surface area contributed by atoms with Crippen molar-refractivity contribution in [2.75, 3.05) is 13.1 Å². The molecule has 2 N–H and O–H groups in total. The Bertz CT molecular complexity index is 736. The first-order valence-corrected chi connectivity index (χ1v) is 8.20. The molecule has 1 unspecified atom stereocenters. The van der Waals surface area contributed by atoms with Crippen molar-refractivity contribution in [3.05, 3.63) is 40.5 Å².